The van der Waals surface area contributed by atoms with Crippen molar-refractivity contribution in [2.45, 2.75) is 38.7 Å². The monoisotopic (exact) mass is 200 g/mol. The molecule has 14 heavy (non-hydrogen) atoms. The summed E-state index contributed by atoms with van der Waals surface area (Å²) < 4.78 is 10.3. The standard InChI is InChI=1S/C11H20O3/c1-9-5-3-4-6-11(9)14-8-10(12)7-13-2/h9,11H,3-8H2,1-2H3. The minimum atomic E-state index is 0.0327. The van der Waals surface area contributed by atoms with Crippen LogP contribution in [0.4, 0.5) is 0 Å². The van der Waals surface area contributed by atoms with Gasteiger partial charge in [0, 0.05) is 7.11 Å². The Hall–Kier alpha value is -0.410. The molecular formula is C11H20O3. The fraction of sp³-hybridized carbons (Fsp3) is 0.909. The second kappa shape index (κ2) is 6.14. The van der Waals surface area contributed by atoms with Crippen molar-refractivity contribution in [1.82, 2.24) is 0 Å². The predicted octanol–water partition coefficient (Wildman–Crippen LogP) is 1.80. The third kappa shape index (κ3) is 3.76. The summed E-state index contributed by atoms with van der Waals surface area (Å²) in [6.45, 7) is 2.58. The highest BCUT2D eigenvalue weighted by molar-refractivity contribution is 5.80. The van der Waals surface area contributed by atoms with Crippen LogP contribution in [0.2, 0.25) is 0 Å². The fourth-order valence-corrected chi connectivity index (χ4v) is 1.93. The molecule has 1 fully saturated rings. The molecule has 0 aromatic rings. The Kier molecular flexibility index (Phi) is 5.12. The number of carbonyl (C=O) groups excluding carboxylic acids is 1. The number of hydrogen-bond donors (Lipinski definition) is 0. The van der Waals surface area contributed by atoms with E-state index in [9.17, 15) is 4.79 Å². The van der Waals surface area contributed by atoms with Crippen molar-refractivity contribution in [3.63, 3.8) is 0 Å². The third-order valence-electron chi connectivity index (χ3n) is 2.80. The van der Waals surface area contributed by atoms with E-state index in [0.717, 1.165) is 6.42 Å². The lowest BCUT2D eigenvalue weighted by atomic mass is 9.88. The average Bonchev–Trinajstić information content (AvgIpc) is 2.17. The number of rotatable bonds is 5. The molecule has 0 radical (unpaired) electrons. The Balaban J connectivity index is 2.19. The Bertz CT molecular complexity index is 179. The first kappa shape index (κ1) is 11.7. The molecule has 2 atom stereocenters. The summed E-state index contributed by atoms with van der Waals surface area (Å²) in [4.78, 5) is 11.1. The molecular weight excluding hydrogens is 180 g/mol. The molecule has 0 spiro atoms. The topological polar surface area (TPSA) is 35.5 Å². The van der Waals surface area contributed by atoms with Crippen molar-refractivity contribution in [3.8, 4) is 0 Å². The SMILES string of the molecule is COCC(=O)COC1CCCCC1C. The van der Waals surface area contributed by atoms with Crippen LogP contribution in [-0.2, 0) is 14.3 Å². The van der Waals surface area contributed by atoms with E-state index in [0.29, 0.717) is 5.92 Å². The van der Waals surface area contributed by atoms with Crippen molar-refractivity contribution in [2.75, 3.05) is 20.3 Å². The van der Waals surface area contributed by atoms with Crippen LogP contribution in [0.25, 0.3) is 0 Å². The molecule has 0 aromatic heterocycles. The van der Waals surface area contributed by atoms with Crippen molar-refractivity contribution in [2.24, 2.45) is 5.92 Å². The van der Waals surface area contributed by atoms with Gasteiger partial charge < -0.3 is 9.47 Å². The number of Topliss-reactive ketones (excluding diaryl/α,β-unsaturated/α-hetero) is 1. The lowest BCUT2D eigenvalue weighted by molar-refractivity contribution is -0.131. The van der Waals surface area contributed by atoms with Crippen LogP contribution in [0.1, 0.15) is 32.6 Å². The van der Waals surface area contributed by atoms with Gasteiger partial charge in [0.2, 0.25) is 0 Å². The summed E-state index contributed by atoms with van der Waals surface area (Å²) in [5.41, 5.74) is 0. The van der Waals surface area contributed by atoms with E-state index < -0.39 is 0 Å². The number of carbonyl (C=O) groups is 1. The van der Waals surface area contributed by atoms with Crippen LogP contribution >= 0.6 is 0 Å². The maximum Gasteiger partial charge on any atom is 0.183 e. The number of methoxy groups -OCH3 is 1. The van der Waals surface area contributed by atoms with E-state index in [1.807, 2.05) is 0 Å². The molecule has 0 N–H and O–H groups in total. The van der Waals surface area contributed by atoms with Crippen molar-refractivity contribution in [3.05, 3.63) is 0 Å². The molecule has 0 amide bonds. The minimum absolute atomic E-state index is 0.0327. The summed E-state index contributed by atoms with van der Waals surface area (Å²) >= 11 is 0. The van der Waals surface area contributed by atoms with E-state index in [2.05, 4.69) is 6.92 Å². The first-order valence-electron chi connectivity index (χ1n) is 5.36. The number of hydrogen-bond acceptors (Lipinski definition) is 3. The van der Waals surface area contributed by atoms with Gasteiger partial charge in [-0.2, -0.15) is 0 Å². The second-order valence-electron chi connectivity index (χ2n) is 4.08. The summed E-state index contributed by atoms with van der Waals surface area (Å²) in [5, 5.41) is 0. The second-order valence-corrected chi connectivity index (χ2v) is 4.08. The molecule has 2 unspecified atom stereocenters. The molecule has 1 saturated carbocycles. The van der Waals surface area contributed by atoms with Gasteiger partial charge in [-0.05, 0) is 18.8 Å². The van der Waals surface area contributed by atoms with Gasteiger partial charge in [0.1, 0.15) is 13.2 Å². The van der Waals surface area contributed by atoms with Crippen LogP contribution in [0, 0.1) is 5.92 Å². The molecule has 82 valence electrons. The predicted molar refractivity (Wildman–Crippen MR) is 54.3 cm³/mol. The Labute approximate surface area is 85.8 Å². The molecule has 0 heterocycles. The van der Waals surface area contributed by atoms with Crippen molar-refractivity contribution in [1.29, 1.82) is 0 Å². The quantitative estimate of drug-likeness (QED) is 0.678. The van der Waals surface area contributed by atoms with Gasteiger partial charge in [0.15, 0.2) is 5.78 Å². The molecule has 0 saturated heterocycles. The molecule has 0 aliphatic heterocycles. The minimum Gasteiger partial charge on any atom is -0.377 e. The summed E-state index contributed by atoms with van der Waals surface area (Å²) in [6.07, 6.45) is 5.13. The maximum atomic E-state index is 11.1. The molecule has 1 rings (SSSR count). The average molecular weight is 200 g/mol. The molecule has 3 heteroatoms. The zero-order chi connectivity index (χ0) is 10.4. The van der Waals surface area contributed by atoms with Crippen LogP contribution in [-0.4, -0.2) is 32.2 Å². The Morgan fingerprint density at radius 1 is 1.29 bits per heavy atom. The lowest BCUT2D eigenvalue weighted by Crippen LogP contribution is -2.28. The van der Waals surface area contributed by atoms with Crippen LogP contribution < -0.4 is 0 Å². The van der Waals surface area contributed by atoms with E-state index in [1.165, 1.54) is 26.4 Å². The fourth-order valence-electron chi connectivity index (χ4n) is 1.93. The molecule has 1 aliphatic rings. The highest BCUT2D eigenvalue weighted by Crippen LogP contribution is 2.26. The summed E-state index contributed by atoms with van der Waals surface area (Å²) in [5.74, 6) is 0.629. The molecule has 0 bridgehead atoms. The third-order valence-corrected chi connectivity index (χ3v) is 2.80. The zero-order valence-electron chi connectivity index (χ0n) is 9.12. The first-order valence-corrected chi connectivity index (χ1v) is 5.36. The smallest absolute Gasteiger partial charge is 0.183 e. The highest BCUT2D eigenvalue weighted by atomic mass is 16.5. The molecule has 0 aromatic carbocycles. The van der Waals surface area contributed by atoms with Gasteiger partial charge in [-0.1, -0.05) is 19.8 Å². The van der Waals surface area contributed by atoms with E-state index in [-0.39, 0.29) is 25.1 Å². The Morgan fingerprint density at radius 2 is 2.00 bits per heavy atom. The van der Waals surface area contributed by atoms with E-state index in [4.69, 9.17) is 9.47 Å². The zero-order valence-corrected chi connectivity index (χ0v) is 9.12. The van der Waals surface area contributed by atoms with Gasteiger partial charge in [0.25, 0.3) is 0 Å². The number of ketones is 1. The van der Waals surface area contributed by atoms with Crippen LogP contribution in [0.3, 0.4) is 0 Å². The lowest BCUT2D eigenvalue weighted by Gasteiger charge is -2.28. The van der Waals surface area contributed by atoms with E-state index >= 15 is 0 Å². The van der Waals surface area contributed by atoms with Crippen LogP contribution in [0.5, 0.6) is 0 Å². The van der Waals surface area contributed by atoms with Gasteiger partial charge in [-0.15, -0.1) is 0 Å². The highest BCUT2D eigenvalue weighted by Gasteiger charge is 2.22. The van der Waals surface area contributed by atoms with Gasteiger partial charge in [-0.3, -0.25) is 4.79 Å². The maximum absolute atomic E-state index is 11.1. The summed E-state index contributed by atoms with van der Waals surface area (Å²) in [6, 6.07) is 0. The Morgan fingerprint density at radius 3 is 2.64 bits per heavy atom. The number of ether oxygens (including phenoxy) is 2. The summed E-state index contributed by atoms with van der Waals surface area (Å²) in [7, 11) is 1.53. The van der Waals surface area contributed by atoms with Gasteiger partial charge in [-0.25, -0.2) is 0 Å². The van der Waals surface area contributed by atoms with Crippen molar-refractivity contribution < 1.29 is 14.3 Å². The normalized spacial score (nSPS) is 27.6. The molecule has 1 aliphatic carbocycles. The molecule has 3 nitrogen and oxygen atoms in total. The van der Waals surface area contributed by atoms with E-state index in [1.54, 1.807) is 0 Å². The van der Waals surface area contributed by atoms with Gasteiger partial charge >= 0.3 is 0 Å². The van der Waals surface area contributed by atoms with Crippen LogP contribution in [0.15, 0.2) is 0 Å². The van der Waals surface area contributed by atoms with Gasteiger partial charge in [0.05, 0.1) is 6.10 Å². The van der Waals surface area contributed by atoms with Crippen molar-refractivity contribution >= 4 is 5.78 Å². The first-order chi connectivity index (χ1) is 6.74. The largest absolute Gasteiger partial charge is 0.377 e.